The highest BCUT2D eigenvalue weighted by atomic mass is 19.1. The van der Waals surface area contributed by atoms with Gasteiger partial charge in [0.2, 0.25) is 5.91 Å². The molecule has 2 aliphatic heterocycles. The third-order valence-corrected chi connectivity index (χ3v) is 3.28. The first-order valence-corrected chi connectivity index (χ1v) is 5.93. The summed E-state index contributed by atoms with van der Waals surface area (Å²) < 4.78 is 13.1. The summed E-state index contributed by atoms with van der Waals surface area (Å²) in [5.74, 6) is 0.108. The van der Waals surface area contributed by atoms with Crippen LogP contribution in [0.3, 0.4) is 0 Å². The molecular formula is C11H19FN2O. The van der Waals surface area contributed by atoms with Crippen LogP contribution >= 0.6 is 0 Å². The zero-order chi connectivity index (χ0) is 10.7. The lowest BCUT2D eigenvalue weighted by Gasteiger charge is -2.33. The molecule has 3 nitrogen and oxygen atoms in total. The van der Waals surface area contributed by atoms with E-state index < -0.39 is 6.17 Å². The Morgan fingerprint density at radius 3 is 2.80 bits per heavy atom. The number of likely N-dealkylation sites (tertiary alicyclic amines) is 1. The van der Waals surface area contributed by atoms with Gasteiger partial charge in [-0.1, -0.05) is 6.42 Å². The minimum Gasteiger partial charge on any atom is -0.338 e. The number of hydrogen-bond acceptors (Lipinski definition) is 2. The van der Waals surface area contributed by atoms with E-state index in [9.17, 15) is 9.18 Å². The van der Waals surface area contributed by atoms with Crippen molar-refractivity contribution >= 4 is 5.91 Å². The number of alkyl halides is 1. The summed E-state index contributed by atoms with van der Waals surface area (Å²) in [6, 6.07) is -0.0518. The summed E-state index contributed by atoms with van der Waals surface area (Å²) in [5.41, 5.74) is 0. The summed E-state index contributed by atoms with van der Waals surface area (Å²) in [6.45, 7) is 1.96. The molecule has 4 heteroatoms. The first kappa shape index (κ1) is 10.9. The first-order chi connectivity index (χ1) is 7.27. The van der Waals surface area contributed by atoms with E-state index in [1.807, 2.05) is 0 Å². The number of halogens is 1. The van der Waals surface area contributed by atoms with Crippen LogP contribution in [0.2, 0.25) is 0 Å². The van der Waals surface area contributed by atoms with Crippen molar-refractivity contribution in [2.75, 3.05) is 19.6 Å². The van der Waals surface area contributed by atoms with Crippen molar-refractivity contribution in [1.82, 2.24) is 10.2 Å². The Bertz CT molecular complexity index is 229. The molecule has 2 rings (SSSR count). The highest BCUT2D eigenvalue weighted by Gasteiger charge is 2.29. The topological polar surface area (TPSA) is 32.3 Å². The first-order valence-electron chi connectivity index (χ1n) is 5.93. The van der Waals surface area contributed by atoms with E-state index in [1.165, 1.54) is 0 Å². The molecule has 0 aliphatic carbocycles. The van der Waals surface area contributed by atoms with Gasteiger partial charge in [-0.05, 0) is 32.2 Å². The quantitative estimate of drug-likeness (QED) is 0.708. The highest BCUT2D eigenvalue weighted by molar-refractivity contribution is 5.82. The van der Waals surface area contributed by atoms with Crippen molar-refractivity contribution in [3.8, 4) is 0 Å². The Morgan fingerprint density at radius 1 is 1.27 bits per heavy atom. The van der Waals surface area contributed by atoms with Gasteiger partial charge in [-0.3, -0.25) is 4.79 Å². The van der Waals surface area contributed by atoms with Crippen LogP contribution in [0.5, 0.6) is 0 Å². The number of carbonyl (C=O) groups excluding carboxylic acids is 1. The van der Waals surface area contributed by atoms with Crippen LogP contribution in [0.15, 0.2) is 0 Å². The summed E-state index contributed by atoms with van der Waals surface area (Å²) >= 11 is 0. The average molecular weight is 214 g/mol. The maximum absolute atomic E-state index is 13.1. The van der Waals surface area contributed by atoms with Gasteiger partial charge < -0.3 is 10.2 Å². The van der Waals surface area contributed by atoms with Gasteiger partial charge in [0.15, 0.2) is 0 Å². The molecule has 15 heavy (non-hydrogen) atoms. The van der Waals surface area contributed by atoms with Crippen LogP contribution in [0.25, 0.3) is 0 Å². The second-order valence-corrected chi connectivity index (χ2v) is 4.53. The van der Waals surface area contributed by atoms with Gasteiger partial charge in [-0.15, -0.1) is 0 Å². The molecule has 1 N–H and O–H groups in total. The molecule has 0 spiro atoms. The number of carbonyl (C=O) groups is 1. The highest BCUT2D eigenvalue weighted by Crippen LogP contribution is 2.16. The van der Waals surface area contributed by atoms with Crippen LogP contribution < -0.4 is 5.32 Å². The lowest BCUT2D eigenvalue weighted by molar-refractivity contribution is -0.136. The van der Waals surface area contributed by atoms with Crippen molar-refractivity contribution in [2.45, 2.75) is 44.3 Å². The predicted molar refractivity (Wildman–Crippen MR) is 56.4 cm³/mol. The van der Waals surface area contributed by atoms with Crippen molar-refractivity contribution in [2.24, 2.45) is 0 Å². The minimum absolute atomic E-state index is 0.0518. The molecule has 2 aliphatic rings. The fourth-order valence-electron chi connectivity index (χ4n) is 2.41. The fraction of sp³-hybridized carbons (Fsp3) is 0.909. The molecule has 0 aromatic rings. The number of hydrogen-bond donors (Lipinski definition) is 1. The van der Waals surface area contributed by atoms with Gasteiger partial charge in [0.05, 0.1) is 12.6 Å². The zero-order valence-electron chi connectivity index (χ0n) is 9.04. The van der Waals surface area contributed by atoms with Crippen molar-refractivity contribution in [1.29, 1.82) is 0 Å². The fourth-order valence-corrected chi connectivity index (χ4v) is 2.41. The number of amides is 1. The summed E-state index contributed by atoms with van der Waals surface area (Å²) in [4.78, 5) is 13.7. The van der Waals surface area contributed by atoms with Crippen molar-refractivity contribution in [3.05, 3.63) is 0 Å². The van der Waals surface area contributed by atoms with Crippen molar-refractivity contribution < 1.29 is 9.18 Å². The Kier molecular flexibility index (Phi) is 3.57. The molecule has 0 unspecified atom stereocenters. The molecule has 0 bridgehead atoms. The van der Waals surface area contributed by atoms with Gasteiger partial charge in [0.1, 0.15) is 6.17 Å². The SMILES string of the molecule is O=C([C@H]1CCCCN1)N1CCC[C@H](F)C1. The third-order valence-electron chi connectivity index (χ3n) is 3.28. The lowest BCUT2D eigenvalue weighted by atomic mass is 10.0. The van der Waals surface area contributed by atoms with E-state index >= 15 is 0 Å². The van der Waals surface area contributed by atoms with E-state index in [-0.39, 0.29) is 11.9 Å². The van der Waals surface area contributed by atoms with Crippen LogP contribution in [0.1, 0.15) is 32.1 Å². The molecule has 0 radical (unpaired) electrons. The molecule has 2 atom stereocenters. The molecule has 2 heterocycles. The van der Waals surface area contributed by atoms with E-state index in [2.05, 4.69) is 5.32 Å². The van der Waals surface area contributed by atoms with E-state index in [4.69, 9.17) is 0 Å². The zero-order valence-corrected chi connectivity index (χ0v) is 9.04. The van der Waals surface area contributed by atoms with Crippen molar-refractivity contribution in [3.63, 3.8) is 0 Å². The molecule has 2 fully saturated rings. The second-order valence-electron chi connectivity index (χ2n) is 4.53. The maximum Gasteiger partial charge on any atom is 0.239 e. The Hall–Kier alpha value is -0.640. The molecule has 0 saturated carbocycles. The largest absolute Gasteiger partial charge is 0.338 e. The molecule has 1 amide bonds. The Morgan fingerprint density at radius 2 is 2.13 bits per heavy atom. The normalized spacial score (nSPS) is 32.7. The maximum atomic E-state index is 13.1. The number of rotatable bonds is 1. The van der Waals surface area contributed by atoms with E-state index in [0.717, 1.165) is 38.8 Å². The summed E-state index contributed by atoms with van der Waals surface area (Å²) in [6.07, 6.45) is 3.77. The standard InChI is InChI=1S/C11H19FN2O/c12-9-4-3-7-14(8-9)11(15)10-5-1-2-6-13-10/h9-10,13H,1-8H2/t9-,10+/m0/s1. The van der Waals surface area contributed by atoms with E-state index in [1.54, 1.807) is 4.90 Å². The summed E-state index contributed by atoms with van der Waals surface area (Å²) in [5, 5.41) is 3.22. The molecule has 86 valence electrons. The average Bonchev–Trinajstić information content (AvgIpc) is 2.29. The molecule has 0 aromatic carbocycles. The summed E-state index contributed by atoms with van der Waals surface area (Å²) in [7, 11) is 0. The number of nitrogens with one attached hydrogen (secondary N) is 1. The minimum atomic E-state index is -0.814. The van der Waals surface area contributed by atoms with Gasteiger partial charge in [0, 0.05) is 6.54 Å². The van der Waals surface area contributed by atoms with Crippen LogP contribution in [0.4, 0.5) is 4.39 Å². The van der Waals surface area contributed by atoms with E-state index in [0.29, 0.717) is 13.0 Å². The van der Waals surface area contributed by atoms with Gasteiger partial charge in [-0.2, -0.15) is 0 Å². The van der Waals surface area contributed by atoms with Crippen LogP contribution in [0, 0.1) is 0 Å². The van der Waals surface area contributed by atoms with Gasteiger partial charge in [-0.25, -0.2) is 4.39 Å². The third kappa shape index (κ3) is 2.68. The van der Waals surface area contributed by atoms with Gasteiger partial charge >= 0.3 is 0 Å². The van der Waals surface area contributed by atoms with Crippen LogP contribution in [-0.2, 0) is 4.79 Å². The lowest BCUT2D eigenvalue weighted by Crippen LogP contribution is -2.51. The van der Waals surface area contributed by atoms with Gasteiger partial charge in [0.25, 0.3) is 0 Å². The number of piperidine rings is 2. The van der Waals surface area contributed by atoms with Crippen LogP contribution in [-0.4, -0.2) is 42.7 Å². The Labute approximate surface area is 90.0 Å². The second kappa shape index (κ2) is 4.92. The smallest absolute Gasteiger partial charge is 0.239 e. The number of nitrogens with zero attached hydrogens (tertiary/aromatic N) is 1. The molecule has 2 saturated heterocycles. The molecular weight excluding hydrogens is 195 g/mol. The Balaban J connectivity index is 1.88. The monoisotopic (exact) mass is 214 g/mol. The predicted octanol–water partition coefficient (Wildman–Crippen LogP) is 1.09. The molecule has 0 aromatic heterocycles.